The number of aromatic nitrogens is 3. The zero-order valence-electron chi connectivity index (χ0n) is 13.6. The van der Waals surface area contributed by atoms with E-state index in [2.05, 4.69) is 18.2 Å². The van der Waals surface area contributed by atoms with Gasteiger partial charge in [0.1, 0.15) is 18.4 Å². The molecule has 1 fully saturated rings. The number of phosphoric acid groups is 3. The summed E-state index contributed by atoms with van der Waals surface area (Å²) in [6.45, 7) is -1.20. The summed E-state index contributed by atoms with van der Waals surface area (Å²) < 4.78 is 63.9. The molecule has 0 aromatic carbocycles. The van der Waals surface area contributed by atoms with Crippen LogP contribution >= 0.6 is 23.5 Å². The van der Waals surface area contributed by atoms with Crippen LogP contribution in [0.5, 0.6) is 0 Å². The highest BCUT2D eigenvalue weighted by atomic mass is 31.3. The summed E-state index contributed by atoms with van der Waals surface area (Å²) in [5.74, 6) is 0. The van der Waals surface area contributed by atoms with Crippen LogP contribution in [0.1, 0.15) is 6.23 Å². The van der Waals surface area contributed by atoms with Crippen molar-refractivity contribution in [1.29, 1.82) is 0 Å². The number of phosphoric ester groups is 1. The first-order valence-electron chi connectivity index (χ1n) is 7.04. The first-order valence-corrected chi connectivity index (χ1v) is 11.6. The molecule has 0 saturated carbocycles. The highest BCUT2D eigenvalue weighted by molar-refractivity contribution is 7.66. The molecule has 1 aromatic rings. The van der Waals surface area contributed by atoms with E-state index in [9.17, 15) is 37.7 Å². The van der Waals surface area contributed by atoms with Gasteiger partial charge >= 0.3 is 29.2 Å². The van der Waals surface area contributed by atoms with Crippen LogP contribution in [0.15, 0.2) is 15.8 Å². The minimum Gasteiger partial charge on any atom is -0.385 e. The van der Waals surface area contributed by atoms with Gasteiger partial charge in [-0.15, -0.1) is 0 Å². The lowest BCUT2D eigenvalue weighted by Crippen LogP contribution is -2.38. The number of rotatable bonds is 8. The number of nitrogens with zero attached hydrogens (tertiary/aromatic N) is 2. The molecular weight excluding hydrogens is 474 g/mol. The Morgan fingerprint density at radius 2 is 1.79 bits per heavy atom. The molecule has 0 radical (unpaired) electrons. The fourth-order valence-electron chi connectivity index (χ4n) is 2.06. The highest BCUT2D eigenvalue weighted by Crippen LogP contribution is 2.66. The number of halogens is 1. The van der Waals surface area contributed by atoms with Crippen molar-refractivity contribution in [1.82, 2.24) is 14.8 Å². The molecule has 29 heavy (non-hydrogen) atoms. The second kappa shape index (κ2) is 8.55. The van der Waals surface area contributed by atoms with Crippen molar-refractivity contribution >= 4 is 23.5 Å². The first-order chi connectivity index (χ1) is 13.1. The normalized spacial score (nSPS) is 29.3. The second-order valence-electron chi connectivity index (χ2n) is 5.27. The Kier molecular flexibility index (Phi) is 7.12. The van der Waals surface area contributed by atoms with Crippen molar-refractivity contribution in [2.75, 3.05) is 6.61 Å². The van der Waals surface area contributed by atoms with Crippen molar-refractivity contribution < 1.29 is 60.6 Å². The van der Waals surface area contributed by atoms with Gasteiger partial charge in [-0.2, -0.15) is 18.4 Å². The van der Waals surface area contributed by atoms with E-state index in [1.54, 1.807) is 4.98 Å². The van der Waals surface area contributed by atoms with E-state index in [0.717, 1.165) is 0 Å². The van der Waals surface area contributed by atoms with Crippen LogP contribution in [0.3, 0.4) is 0 Å². The number of hydrogen-bond acceptors (Lipinski definition) is 11. The number of aliphatic hydroxyl groups is 1. The first kappa shape index (κ1) is 24.1. The molecule has 0 bridgehead atoms. The van der Waals surface area contributed by atoms with E-state index in [-0.39, 0.29) is 0 Å². The van der Waals surface area contributed by atoms with Gasteiger partial charge in [-0.3, -0.25) is 14.3 Å². The number of hydrogen-bond donors (Lipinski definition) is 6. The van der Waals surface area contributed by atoms with Gasteiger partial charge < -0.3 is 29.4 Å². The Morgan fingerprint density at radius 3 is 2.34 bits per heavy atom. The van der Waals surface area contributed by atoms with Crippen molar-refractivity contribution in [3.8, 4) is 0 Å². The number of aromatic amines is 1. The maximum absolute atomic E-state index is 14.1. The van der Waals surface area contributed by atoms with Crippen molar-refractivity contribution in [2.45, 2.75) is 24.6 Å². The molecule has 1 saturated heterocycles. The number of aliphatic hydroxyl groups excluding tert-OH is 1. The molecule has 1 aliphatic rings. The summed E-state index contributed by atoms with van der Waals surface area (Å²) >= 11 is 0. The monoisotopic (exact) mass is 487 g/mol. The molecule has 4 unspecified atom stereocenters. The maximum Gasteiger partial charge on any atom is 0.490 e. The zero-order chi connectivity index (χ0) is 22.2. The molecule has 0 spiro atoms. The standard InChI is InChI=1S/C8H13FN3O14P3/c9-5-3(2-23-28(19,20)26-29(21,22)25-27(16,17)18)24-7(6(5)14)12-8(15)11-4(13)1-10-12/h1,3,5-7,14H,2H2,(H,19,20)(H,21,22)(H,11,13,15)(H2,16,17,18)/t3-,5?,6?,7-/m0/s1. The van der Waals surface area contributed by atoms with Gasteiger partial charge in [0.15, 0.2) is 12.4 Å². The van der Waals surface area contributed by atoms with Crippen molar-refractivity contribution in [2.24, 2.45) is 0 Å². The van der Waals surface area contributed by atoms with Crippen LogP contribution < -0.4 is 11.2 Å². The summed E-state index contributed by atoms with van der Waals surface area (Å²) in [7, 11) is -16.9. The minimum absolute atomic E-state index is 0.378. The largest absolute Gasteiger partial charge is 0.490 e. The highest BCUT2D eigenvalue weighted by Gasteiger charge is 2.48. The third-order valence-corrected chi connectivity index (χ3v) is 6.89. The summed E-state index contributed by atoms with van der Waals surface area (Å²) in [5, 5.41) is 13.2. The topological polar surface area (TPSA) is 257 Å². The smallest absolute Gasteiger partial charge is 0.385 e. The van der Waals surface area contributed by atoms with E-state index >= 15 is 0 Å². The Balaban J connectivity index is 2.06. The SMILES string of the molecule is O=c1cnn([C@H]2O[C@@H](COP(=O)(O)OP(=O)(O)OP(=O)(O)O)C(F)C2O)c(=O)[nH]1. The van der Waals surface area contributed by atoms with E-state index in [4.69, 9.17) is 19.4 Å². The fraction of sp³-hybridized carbons (Fsp3) is 0.625. The summed E-state index contributed by atoms with van der Waals surface area (Å²) in [6.07, 6.45) is -7.35. The van der Waals surface area contributed by atoms with E-state index in [0.29, 0.717) is 10.9 Å². The molecule has 6 N–H and O–H groups in total. The van der Waals surface area contributed by atoms with E-state index in [1.165, 1.54) is 0 Å². The predicted octanol–water partition coefficient (Wildman–Crippen LogP) is -2.13. The maximum atomic E-state index is 14.1. The van der Waals surface area contributed by atoms with Crippen LogP contribution in [0.4, 0.5) is 4.39 Å². The lowest BCUT2D eigenvalue weighted by atomic mass is 10.1. The average molecular weight is 487 g/mol. The van der Waals surface area contributed by atoms with E-state index < -0.39 is 65.9 Å². The summed E-state index contributed by atoms with van der Waals surface area (Å²) in [5.41, 5.74) is -2.05. The molecule has 0 aliphatic carbocycles. The summed E-state index contributed by atoms with van der Waals surface area (Å²) in [6, 6.07) is 0. The van der Waals surface area contributed by atoms with Gasteiger partial charge in [0.2, 0.25) is 0 Å². The lowest BCUT2D eigenvalue weighted by Gasteiger charge is -2.18. The zero-order valence-corrected chi connectivity index (χ0v) is 16.3. The lowest BCUT2D eigenvalue weighted by molar-refractivity contribution is -0.0602. The van der Waals surface area contributed by atoms with Crippen LogP contribution in [0.2, 0.25) is 0 Å². The molecule has 17 nitrogen and oxygen atoms in total. The molecule has 0 amide bonds. The molecule has 1 aliphatic heterocycles. The predicted molar refractivity (Wildman–Crippen MR) is 83.7 cm³/mol. The summed E-state index contributed by atoms with van der Waals surface area (Å²) in [4.78, 5) is 59.5. The van der Waals surface area contributed by atoms with Crippen LogP contribution in [-0.2, 0) is 31.6 Å². The van der Waals surface area contributed by atoms with Gasteiger partial charge in [0.05, 0.1) is 6.61 Å². The Hall–Kier alpha value is -1.13. The van der Waals surface area contributed by atoms with Gasteiger partial charge in [0, 0.05) is 0 Å². The number of ether oxygens (including phenoxy) is 1. The molecular formula is C8H13FN3O14P3. The molecule has 6 atom stereocenters. The number of nitrogens with one attached hydrogen (secondary N) is 1. The molecule has 21 heteroatoms. The number of alkyl halides is 1. The average Bonchev–Trinajstić information content (AvgIpc) is 2.78. The van der Waals surface area contributed by atoms with Gasteiger partial charge in [-0.25, -0.2) is 22.9 Å². The Bertz CT molecular complexity index is 1000. The minimum atomic E-state index is -5.77. The Labute approximate surface area is 158 Å². The molecule has 2 rings (SSSR count). The molecule has 166 valence electrons. The third-order valence-electron chi connectivity index (χ3n) is 3.08. The van der Waals surface area contributed by atoms with Gasteiger partial charge in [0.25, 0.3) is 5.56 Å². The van der Waals surface area contributed by atoms with Crippen molar-refractivity contribution in [3.63, 3.8) is 0 Å². The Morgan fingerprint density at radius 1 is 1.17 bits per heavy atom. The number of H-pyrrole nitrogens is 1. The van der Waals surface area contributed by atoms with Crippen LogP contribution in [0, 0.1) is 0 Å². The fourth-order valence-corrected chi connectivity index (χ4v) is 5.09. The van der Waals surface area contributed by atoms with Gasteiger partial charge in [-0.1, -0.05) is 0 Å². The van der Waals surface area contributed by atoms with Crippen LogP contribution in [0.25, 0.3) is 0 Å². The van der Waals surface area contributed by atoms with Crippen LogP contribution in [-0.4, -0.2) is 64.4 Å². The quantitative estimate of drug-likeness (QED) is 0.214. The molecule has 1 aromatic heterocycles. The van der Waals surface area contributed by atoms with Crippen molar-refractivity contribution in [3.05, 3.63) is 27.0 Å². The third kappa shape index (κ3) is 6.68. The molecule has 2 heterocycles. The second-order valence-corrected chi connectivity index (χ2v) is 9.69. The van der Waals surface area contributed by atoms with E-state index in [1.807, 2.05) is 0 Å². The van der Waals surface area contributed by atoms with Gasteiger partial charge in [-0.05, 0) is 0 Å².